The number of rotatable bonds is 1. The van der Waals surface area contributed by atoms with E-state index in [-0.39, 0.29) is 11.8 Å². The Balaban J connectivity index is 2.17. The predicted octanol–water partition coefficient (Wildman–Crippen LogP) is 2.72. The molecule has 1 heterocycles. The monoisotopic (exact) mass is 272 g/mol. The summed E-state index contributed by atoms with van der Waals surface area (Å²) in [5.74, 6) is -0.760. The normalized spacial score (nSPS) is 13.8. The number of imide groups is 1. The number of hydrogen-bond acceptors (Lipinski definition) is 3. The molecule has 19 heavy (non-hydrogen) atoms. The topological polar surface area (TPSA) is 63.4 Å². The number of fused-ring (bicyclic) bond motifs is 1. The molecule has 0 saturated heterocycles. The number of anilines is 2. The molecule has 2 amide bonds. The Morgan fingerprint density at radius 2 is 1.53 bits per heavy atom. The standard InChI is InChI=1S/C14H9ClN2O2/c15-8-5-6-11(16)12(7-8)17-13(18)9-3-1-2-4-10(9)14(17)19/h1-7H,16H2. The van der Waals surface area contributed by atoms with Crippen LogP contribution in [0.5, 0.6) is 0 Å². The molecule has 1 aliphatic rings. The molecular weight excluding hydrogens is 264 g/mol. The van der Waals surface area contributed by atoms with Crippen LogP contribution in [0.3, 0.4) is 0 Å². The second-order valence-electron chi connectivity index (χ2n) is 4.19. The predicted molar refractivity (Wildman–Crippen MR) is 73.4 cm³/mol. The number of nitrogens with zero attached hydrogens (tertiary/aromatic N) is 1. The van der Waals surface area contributed by atoms with E-state index in [1.807, 2.05) is 0 Å². The van der Waals surface area contributed by atoms with E-state index in [1.165, 1.54) is 6.07 Å². The fraction of sp³-hybridized carbons (Fsp3) is 0. The number of amides is 2. The Kier molecular flexibility index (Phi) is 2.54. The lowest BCUT2D eigenvalue weighted by Gasteiger charge is -2.16. The molecule has 0 aliphatic carbocycles. The van der Waals surface area contributed by atoms with Gasteiger partial charge in [0.2, 0.25) is 0 Å². The second-order valence-corrected chi connectivity index (χ2v) is 4.63. The molecule has 2 aromatic rings. The van der Waals surface area contributed by atoms with Gasteiger partial charge in [0.15, 0.2) is 0 Å². The Morgan fingerprint density at radius 1 is 0.947 bits per heavy atom. The molecule has 0 radical (unpaired) electrons. The highest BCUT2D eigenvalue weighted by Gasteiger charge is 2.37. The molecule has 4 nitrogen and oxygen atoms in total. The number of carbonyl (C=O) groups excluding carboxylic acids is 2. The molecule has 0 fully saturated rings. The quantitative estimate of drug-likeness (QED) is 0.641. The summed E-state index contributed by atoms with van der Waals surface area (Å²) >= 11 is 5.90. The maximum atomic E-state index is 12.3. The van der Waals surface area contributed by atoms with Crippen LogP contribution in [0, 0.1) is 0 Å². The number of benzene rings is 2. The fourth-order valence-electron chi connectivity index (χ4n) is 2.12. The van der Waals surface area contributed by atoms with Crippen molar-refractivity contribution in [3.63, 3.8) is 0 Å². The van der Waals surface area contributed by atoms with Crippen LogP contribution in [0.15, 0.2) is 42.5 Å². The third-order valence-electron chi connectivity index (χ3n) is 3.03. The number of nitrogen functional groups attached to an aromatic ring is 1. The van der Waals surface area contributed by atoms with E-state index < -0.39 is 0 Å². The molecule has 0 saturated carbocycles. The van der Waals surface area contributed by atoms with Crippen LogP contribution in [0.1, 0.15) is 20.7 Å². The molecule has 0 spiro atoms. The lowest BCUT2D eigenvalue weighted by molar-refractivity contribution is 0.0926. The molecule has 0 atom stereocenters. The van der Waals surface area contributed by atoms with Crippen LogP contribution < -0.4 is 10.6 Å². The number of nitrogens with two attached hydrogens (primary N) is 1. The smallest absolute Gasteiger partial charge is 0.266 e. The molecule has 0 bridgehead atoms. The largest absolute Gasteiger partial charge is 0.397 e. The van der Waals surface area contributed by atoms with Crippen molar-refractivity contribution in [2.24, 2.45) is 0 Å². The van der Waals surface area contributed by atoms with Gasteiger partial charge < -0.3 is 5.73 Å². The summed E-state index contributed by atoms with van der Waals surface area (Å²) < 4.78 is 0. The maximum absolute atomic E-state index is 12.3. The second kappa shape index (κ2) is 4.10. The van der Waals surface area contributed by atoms with Gasteiger partial charge in [-0.05, 0) is 30.3 Å². The van der Waals surface area contributed by atoms with Crippen molar-refractivity contribution >= 4 is 34.8 Å². The summed E-state index contributed by atoms with van der Waals surface area (Å²) in [5, 5.41) is 0.417. The van der Waals surface area contributed by atoms with E-state index in [9.17, 15) is 9.59 Å². The number of carbonyl (C=O) groups is 2. The molecule has 3 rings (SSSR count). The lowest BCUT2D eigenvalue weighted by Crippen LogP contribution is -2.30. The molecule has 5 heteroatoms. The van der Waals surface area contributed by atoms with Crippen molar-refractivity contribution in [1.29, 1.82) is 0 Å². The first kappa shape index (κ1) is 11.7. The maximum Gasteiger partial charge on any atom is 0.266 e. The number of hydrogen-bond donors (Lipinski definition) is 1. The van der Waals surface area contributed by atoms with Crippen molar-refractivity contribution in [2.75, 3.05) is 10.6 Å². The van der Waals surface area contributed by atoms with Gasteiger partial charge in [-0.25, -0.2) is 4.90 Å². The highest BCUT2D eigenvalue weighted by atomic mass is 35.5. The summed E-state index contributed by atoms with van der Waals surface area (Å²) in [6.07, 6.45) is 0. The minimum atomic E-state index is -0.380. The minimum absolute atomic E-state index is 0.318. The van der Waals surface area contributed by atoms with E-state index >= 15 is 0 Å². The van der Waals surface area contributed by atoms with Gasteiger partial charge in [-0.3, -0.25) is 9.59 Å². The Labute approximate surface area is 114 Å². The van der Waals surface area contributed by atoms with Gasteiger partial charge in [-0.2, -0.15) is 0 Å². The first-order chi connectivity index (χ1) is 9.09. The average Bonchev–Trinajstić information content (AvgIpc) is 2.66. The highest BCUT2D eigenvalue weighted by Crippen LogP contribution is 2.33. The van der Waals surface area contributed by atoms with E-state index in [4.69, 9.17) is 17.3 Å². The molecule has 1 aliphatic heterocycles. The molecule has 0 aromatic heterocycles. The first-order valence-corrected chi connectivity index (χ1v) is 6.00. The lowest BCUT2D eigenvalue weighted by atomic mass is 10.1. The van der Waals surface area contributed by atoms with Crippen molar-refractivity contribution in [2.45, 2.75) is 0 Å². The van der Waals surface area contributed by atoms with Gasteiger partial charge in [-0.1, -0.05) is 23.7 Å². The average molecular weight is 273 g/mol. The summed E-state index contributed by atoms with van der Waals surface area (Å²) in [6.45, 7) is 0. The van der Waals surface area contributed by atoms with Crippen molar-refractivity contribution in [1.82, 2.24) is 0 Å². The van der Waals surface area contributed by atoms with Gasteiger partial charge in [0.05, 0.1) is 22.5 Å². The van der Waals surface area contributed by atoms with Gasteiger partial charge in [-0.15, -0.1) is 0 Å². The van der Waals surface area contributed by atoms with Crippen LogP contribution in [-0.4, -0.2) is 11.8 Å². The van der Waals surface area contributed by atoms with Crippen LogP contribution in [0.25, 0.3) is 0 Å². The first-order valence-electron chi connectivity index (χ1n) is 5.62. The Bertz CT molecular complexity index is 677. The van der Waals surface area contributed by atoms with Crippen LogP contribution in [-0.2, 0) is 0 Å². The van der Waals surface area contributed by atoms with Crippen molar-refractivity contribution < 1.29 is 9.59 Å². The molecule has 94 valence electrons. The SMILES string of the molecule is Nc1ccc(Cl)cc1N1C(=O)c2ccccc2C1=O. The Hall–Kier alpha value is -2.33. The number of halogens is 1. The Morgan fingerprint density at radius 3 is 2.11 bits per heavy atom. The summed E-state index contributed by atoms with van der Waals surface area (Å²) in [6, 6.07) is 11.4. The summed E-state index contributed by atoms with van der Waals surface area (Å²) in [7, 11) is 0. The van der Waals surface area contributed by atoms with E-state index in [0.717, 1.165) is 4.90 Å². The fourth-order valence-corrected chi connectivity index (χ4v) is 2.28. The summed E-state index contributed by atoms with van der Waals surface area (Å²) in [4.78, 5) is 25.6. The van der Waals surface area contributed by atoms with E-state index in [0.29, 0.717) is 27.5 Å². The van der Waals surface area contributed by atoms with Gasteiger partial charge >= 0.3 is 0 Å². The summed E-state index contributed by atoms with van der Waals surface area (Å²) in [5.41, 5.74) is 7.24. The van der Waals surface area contributed by atoms with E-state index in [1.54, 1.807) is 36.4 Å². The van der Waals surface area contributed by atoms with Crippen LogP contribution in [0.4, 0.5) is 11.4 Å². The van der Waals surface area contributed by atoms with Crippen LogP contribution in [0.2, 0.25) is 5.02 Å². The highest BCUT2D eigenvalue weighted by molar-refractivity contribution is 6.36. The van der Waals surface area contributed by atoms with Crippen molar-refractivity contribution in [3.05, 3.63) is 58.6 Å². The zero-order valence-corrected chi connectivity index (χ0v) is 10.5. The molecule has 0 unspecified atom stereocenters. The third-order valence-corrected chi connectivity index (χ3v) is 3.26. The molecule has 2 N–H and O–H groups in total. The zero-order chi connectivity index (χ0) is 13.6. The minimum Gasteiger partial charge on any atom is -0.397 e. The molecule has 2 aromatic carbocycles. The van der Waals surface area contributed by atoms with E-state index in [2.05, 4.69) is 0 Å². The van der Waals surface area contributed by atoms with Gasteiger partial charge in [0, 0.05) is 5.02 Å². The van der Waals surface area contributed by atoms with Gasteiger partial charge in [0.1, 0.15) is 0 Å². The van der Waals surface area contributed by atoms with Crippen molar-refractivity contribution in [3.8, 4) is 0 Å². The van der Waals surface area contributed by atoms with Crippen LogP contribution >= 0.6 is 11.6 Å². The third kappa shape index (κ3) is 1.69. The van der Waals surface area contributed by atoms with Gasteiger partial charge in [0.25, 0.3) is 11.8 Å². The zero-order valence-electron chi connectivity index (χ0n) is 9.76. The molecular formula is C14H9ClN2O2.